The highest BCUT2D eigenvalue weighted by Crippen LogP contribution is 2.21. The molecule has 0 atom stereocenters. The maximum absolute atomic E-state index is 13.9. The Labute approximate surface area is 196 Å². The van der Waals surface area contributed by atoms with Crippen molar-refractivity contribution in [3.63, 3.8) is 0 Å². The fraction of sp³-hybridized carbons (Fsp3) is 0.0833. The maximum Gasteiger partial charge on any atom is 0.256 e. The van der Waals surface area contributed by atoms with Gasteiger partial charge in [0.1, 0.15) is 12.4 Å². The molecule has 4 aromatic rings. The SMILES string of the molecule is O=C(Nc1ccn(Cc2c(F)c(F)cc(F)c2F)n1)c1ccc(COc2ccc(Cl)cc2)cc1. The fourth-order valence-corrected chi connectivity index (χ4v) is 3.20. The third-order valence-electron chi connectivity index (χ3n) is 4.84. The van der Waals surface area contributed by atoms with Crippen molar-refractivity contribution >= 4 is 23.3 Å². The van der Waals surface area contributed by atoms with Gasteiger partial charge in [-0.2, -0.15) is 5.10 Å². The summed E-state index contributed by atoms with van der Waals surface area (Å²) in [5.41, 5.74) is 0.367. The summed E-state index contributed by atoms with van der Waals surface area (Å²) in [6.45, 7) is -0.272. The van der Waals surface area contributed by atoms with Gasteiger partial charge in [0.25, 0.3) is 5.91 Å². The molecule has 1 aromatic heterocycles. The lowest BCUT2D eigenvalue weighted by Gasteiger charge is -2.08. The van der Waals surface area contributed by atoms with E-state index in [4.69, 9.17) is 16.3 Å². The molecule has 0 saturated heterocycles. The molecule has 0 aliphatic heterocycles. The number of carbonyl (C=O) groups excluding carboxylic acids is 1. The topological polar surface area (TPSA) is 56.2 Å². The van der Waals surface area contributed by atoms with Crippen molar-refractivity contribution in [3.05, 3.63) is 112 Å². The first-order chi connectivity index (χ1) is 16.3. The van der Waals surface area contributed by atoms with E-state index in [-0.39, 0.29) is 11.9 Å². The summed E-state index contributed by atoms with van der Waals surface area (Å²) in [6, 6.07) is 15.1. The van der Waals surface area contributed by atoms with Crippen LogP contribution in [-0.2, 0) is 13.2 Å². The van der Waals surface area contributed by atoms with Gasteiger partial charge >= 0.3 is 0 Å². The molecule has 0 aliphatic carbocycles. The minimum absolute atomic E-state index is 0.0952. The predicted octanol–water partition coefficient (Wildman–Crippen LogP) is 5.97. The van der Waals surface area contributed by atoms with E-state index in [0.717, 1.165) is 10.2 Å². The number of nitrogens with zero attached hydrogens (tertiary/aromatic N) is 2. The molecule has 0 bridgehead atoms. The largest absolute Gasteiger partial charge is 0.489 e. The van der Waals surface area contributed by atoms with E-state index >= 15 is 0 Å². The van der Waals surface area contributed by atoms with Crippen LogP contribution in [0.5, 0.6) is 5.75 Å². The Kier molecular flexibility index (Phi) is 6.83. The zero-order valence-corrected chi connectivity index (χ0v) is 18.1. The minimum atomic E-state index is -1.50. The summed E-state index contributed by atoms with van der Waals surface area (Å²) in [5.74, 6) is -5.72. The maximum atomic E-state index is 13.9. The van der Waals surface area contributed by atoms with Crippen molar-refractivity contribution in [1.29, 1.82) is 0 Å². The Balaban J connectivity index is 1.37. The molecule has 10 heteroatoms. The Morgan fingerprint density at radius 2 is 1.59 bits per heavy atom. The normalized spacial score (nSPS) is 10.9. The standard InChI is InChI=1S/C24H16ClF4N3O2/c25-16-5-7-17(8-6-16)34-13-14-1-3-15(4-2-14)24(33)30-21-9-10-32(31-21)12-18-22(28)19(26)11-20(27)23(18)29/h1-11H,12-13H2,(H,30,31,33). The molecule has 1 amide bonds. The molecule has 0 radical (unpaired) electrons. The van der Waals surface area contributed by atoms with Crippen molar-refractivity contribution in [2.45, 2.75) is 13.2 Å². The second-order valence-corrected chi connectivity index (χ2v) is 7.68. The predicted molar refractivity (Wildman–Crippen MR) is 118 cm³/mol. The number of nitrogens with one attached hydrogen (secondary N) is 1. The molecule has 174 valence electrons. The summed E-state index contributed by atoms with van der Waals surface area (Å²) in [6.07, 6.45) is 1.31. The number of anilines is 1. The Hall–Kier alpha value is -3.85. The highest BCUT2D eigenvalue weighted by Gasteiger charge is 2.20. The zero-order valence-electron chi connectivity index (χ0n) is 17.4. The number of benzene rings is 3. The molecule has 5 nitrogen and oxygen atoms in total. The van der Waals surface area contributed by atoms with Gasteiger partial charge in [-0.05, 0) is 42.0 Å². The van der Waals surface area contributed by atoms with E-state index in [1.165, 1.54) is 12.3 Å². The van der Waals surface area contributed by atoms with Crippen LogP contribution in [0, 0.1) is 23.3 Å². The van der Waals surface area contributed by atoms with Crippen LogP contribution in [0.4, 0.5) is 23.4 Å². The van der Waals surface area contributed by atoms with E-state index in [0.29, 0.717) is 22.9 Å². The van der Waals surface area contributed by atoms with Crippen molar-refractivity contribution in [2.24, 2.45) is 0 Å². The van der Waals surface area contributed by atoms with Crippen LogP contribution in [0.3, 0.4) is 0 Å². The van der Waals surface area contributed by atoms with Gasteiger partial charge in [0.15, 0.2) is 29.1 Å². The van der Waals surface area contributed by atoms with Crippen LogP contribution in [0.1, 0.15) is 21.5 Å². The second-order valence-electron chi connectivity index (χ2n) is 7.24. The summed E-state index contributed by atoms with van der Waals surface area (Å²) in [5, 5.41) is 7.13. The Bertz CT molecular complexity index is 1300. The van der Waals surface area contributed by atoms with Crippen LogP contribution >= 0.6 is 11.6 Å². The molecule has 3 aromatic carbocycles. The van der Waals surface area contributed by atoms with Crippen LogP contribution in [0.25, 0.3) is 0 Å². The summed E-state index contributed by atoms with van der Waals surface area (Å²) >= 11 is 5.84. The Morgan fingerprint density at radius 3 is 2.24 bits per heavy atom. The number of hydrogen-bond acceptors (Lipinski definition) is 3. The number of amides is 1. The number of carbonyl (C=O) groups is 1. The number of halogens is 5. The van der Waals surface area contributed by atoms with Crippen LogP contribution in [0.15, 0.2) is 66.9 Å². The smallest absolute Gasteiger partial charge is 0.256 e. The molecular weight excluding hydrogens is 474 g/mol. The van der Waals surface area contributed by atoms with Gasteiger partial charge in [0.05, 0.1) is 12.1 Å². The third kappa shape index (κ3) is 5.37. The van der Waals surface area contributed by atoms with Crippen molar-refractivity contribution in [1.82, 2.24) is 9.78 Å². The first-order valence-electron chi connectivity index (χ1n) is 9.94. The van der Waals surface area contributed by atoms with E-state index in [1.54, 1.807) is 48.5 Å². The second kappa shape index (κ2) is 9.96. The minimum Gasteiger partial charge on any atom is -0.489 e. The number of hydrogen-bond donors (Lipinski definition) is 1. The molecule has 0 saturated carbocycles. The molecule has 34 heavy (non-hydrogen) atoms. The van der Waals surface area contributed by atoms with Gasteiger partial charge in [-0.1, -0.05) is 23.7 Å². The summed E-state index contributed by atoms with van der Waals surface area (Å²) in [7, 11) is 0. The molecular formula is C24H16ClF4N3O2. The highest BCUT2D eigenvalue weighted by molar-refractivity contribution is 6.30. The van der Waals surface area contributed by atoms with Gasteiger partial charge in [0, 0.05) is 28.9 Å². The lowest BCUT2D eigenvalue weighted by molar-refractivity contribution is 0.102. The van der Waals surface area contributed by atoms with E-state index < -0.39 is 41.3 Å². The molecule has 0 spiro atoms. The van der Waals surface area contributed by atoms with Gasteiger partial charge in [-0.15, -0.1) is 0 Å². The molecule has 0 unspecified atom stereocenters. The van der Waals surface area contributed by atoms with Crippen LogP contribution in [0.2, 0.25) is 5.02 Å². The molecule has 0 aliphatic rings. The summed E-state index contributed by atoms with van der Waals surface area (Å²) in [4.78, 5) is 12.5. The monoisotopic (exact) mass is 489 g/mol. The third-order valence-corrected chi connectivity index (χ3v) is 5.09. The van der Waals surface area contributed by atoms with E-state index in [2.05, 4.69) is 10.4 Å². The first-order valence-corrected chi connectivity index (χ1v) is 10.3. The highest BCUT2D eigenvalue weighted by atomic mass is 35.5. The average Bonchev–Trinajstić information content (AvgIpc) is 3.27. The quantitative estimate of drug-likeness (QED) is 0.257. The number of aromatic nitrogens is 2. The average molecular weight is 490 g/mol. The van der Waals surface area contributed by atoms with Gasteiger partial charge in [0.2, 0.25) is 0 Å². The molecule has 1 heterocycles. The first kappa shape index (κ1) is 23.3. The van der Waals surface area contributed by atoms with E-state index in [9.17, 15) is 22.4 Å². The van der Waals surface area contributed by atoms with Crippen molar-refractivity contribution < 1.29 is 27.1 Å². The lowest BCUT2D eigenvalue weighted by Crippen LogP contribution is -2.13. The van der Waals surface area contributed by atoms with Crippen molar-refractivity contribution in [2.75, 3.05) is 5.32 Å². The molecule has 0 fully saturated rings. The lowest BCUT2D eigenvalue weighted by atomic mass is 10.1. The Morgan fingerprint density at radius 1 is 0.941 bits per heavy atom. The van der Waals surface area contributed by atoms with E-state index in [1.807, 2.05) is 0 Å². The molecule has 4 rings (SSSR count). The van der Waals surface area contributed by atoms with Gasteiger partial charge < -0.3 is 10.1 Å². The van der Waals surface area contributed by atoms with Gasteiger partial charge in [-0.3, -0.25) is 9.48 Å². The number of rotatable bonds is 7. The zero-order chi connectivity index (χ0) is 24.2. The van der Waals surface area contributed by atoms with Crippen molar-refractivity contribution in [3.8, 4) is 5.75 Å². The summed E-state index contributed by atoms with van der Waals surface area (Å²) < 4.78 is 61.2. The molecule has 1 N–H and O–H groups in total. The van der Waals surface area contributed by atoms with Crippen LogP contribution in [-0.4, -0.2) is 15.7 Å². The number of ether oxygens (including phenoxy) is 1. The van der Waals surface area contributed by atoms with Crippen LogP contribution < -0.4 is 10.1 Å². The van der Waals surface area contributed by atoms with Gasteiger partial charge in [-0.25, -0.2) is 17.6 Å². The fourth-order valence-electron chi connectivity index (χ4n) is 3.08.